The molecule has 0 aliphatic heterocycles. The van der Waals surface area contributed by atoms with Gasteiger partial charge in [0.1, 0.15) is 0 Å². The van der Waals surface area contributed by atoms with Crippen molar-refractivity contribution >= 4 is 40.6 Å². The zero-order valence-electron chi connectivity index (χ0n) is 17.9. The molecule has 166 valence electrons. The number of hydrogen-bond acceptors (Lipinski definition) is 5. The second kappa shape index (κ2) is 11.4. The first-order valence-corrected chi connectivity index (χ1v) is 12.4. The normalized spacial score (nSPS) is 10.5. The number of thioether (sulfide) groups is 1. The average Bonchev–Trinajstić information content (AvgIpc) is 3.38. The predicted octanol–water partition coefficient (Wildman–Crippen LogP) is 5.66. The lowest BCUT2D eigenvalue weighted by Gasteiger charge is -2.12. The number of carbonyl (C=O) groups excluding carboxylic acids is 2. The van der Waals surface area contributed by atoms with Gasteiger partial charge < -0.3 is 10.6 Å². The van der Waals surface area contributed by atoms with Gasteiger partial charge in [-0.25, -0.2) is 4.98 Å². The van der Waals surface area contributed by atoms with Gasteiger partial charge in [0.05, 0.1) is 22.5 Å². The van der Waals surface area contributed by atoms with Gasteiger partial charge in [-0.2, -0.15) is 0 Å². The number of anilines is 1. The minimum atomic E-state index is -0.254. The van der Waals surface area contributed by atoms with Crippen LogP contribution in [0.15, 0.2) is 94.6 Å². The molecule has 0 radical (unpaired) electrons. The van der Waals surface area contributed by atoms with Gasteiger partial charge in [-0.1, -0.05) is 42.5 Å². The zero-order chi connectivity index (χ0) is 22.9. The number of amides is 2. The zero-order valence-corrected chi connectivity index (χ0v) is 19.5. The van der Waals surface area contributed by atoms with E-state index in [4.69, 9.17) is 0 Å². The molecule has 0 atom stereocenters. The first kappa shape index (κ1) is 22.8. The molecule has 4 aromatic rings. The Morgan fingerprint density at radius 3 is 2.39 bits per heavy atom. The monoisotopic (exact) mass is 473 g/mol. The standard InChI is InChI=1S/C26H23N3O2S2/c30-25(20-10-12-22(13-11-20)33-17-21-16-32-18-28-21)29-24-9-5-4-8-23(24)26(31)27-15-14-19-6-2-1-3-7-19/h1-13,16,18H,14-15,17H2,(H,27,31)(H,29,30). The first-order valence-electron chi connectivity index (χ1n) is 10.5. The summed E-state index contributed by atoms with van der Waals surface area (Å²) in [7, 11) is 0. The van der Waals surface area contributed by atoms with Crippen LogP contribution in [0.1, 0.15) is 32.0 Å². The van der Waals surface area contributed by atoms with Gasteiger partial charge in [0.15, 0.2) is 0 Å². The molecule has 33 heavy (non-hydrogen) atoms. The molecular formula is C26H23N3O2S2. The van der Waals surface area contributed by atoms with Crippen molar-refractivity contribution in [1.29, 1.82) is 0 Å². The van der Waals surface area contributed by atoms with E-state index in [-0.39, 0.29) is 11.8 Å². The maximum absolute atomic E-state index is 12.8. The minimum Gasteiger partial charge on any atom is -0.352 e. The van der Waals surface area contributed by atoms with Crippen LogP contribution in [0.3, 0.4) is 0 Å². The van der Waals surface area contributed by atoms with E-state index >= 15 is 0 Å². The summed E-state index contributed by atoms with van der Waals surface area (Å²) in [6, 6.07) is 24.5. The maximum atomic E-state index is 12.8. The molecule has 0 fully saturated rings. The molecule has 0 bridgehead atoms. The van der Waals surface area contributed by atoms with Crippen molar-refractivity contribution in [2.45, 2.75) is 17.1 Å². The SMILES string of the molecule is O=C(Nc1ccccc1C(=O)NCCc1ccccc1)c1ccc(SCc2cscn2)cc1. The van der Waals surface area contributed by atoms with Crippen LogP contribution in [0.5, 0.6) is 0 Å². The Labute approximate surface area is 201 Å². The molecule has 4 rings (SSSR count). The lowest BCUT2D eigenvalue weighted by atomic mass is 10.1. The highest BCUT2D eigenvalue weighted by Crippen LogP contribution is 2.23. The Bertz CT molecular complexity index is 1190. The number of nitrogens with zero attached hydrogens (tertiary/aromatic N) is 1. The van der Waals surface area contributed by atoms with Crippen LogP contribution in [-0.4, -0.2) is 23.3 Å². The van der Waals surface area contributed by atoms with Crippen molar-refractivity contribution in [1.82, 2.24) is 10.3 Å². The van der Waals surface area contributed by atoms with Crippen LogP contribution in [0.4, 0.5) is 5.69 Å². The third kappa shape index (κ3) is 6.54. The Balaban J connectivity index is 1.34. The van der Waals surface area contributed by atoms with E-state index in [1.54, 1.807) is 59.5 Å². The number of benzene rings is 3. The van der Waals surface area contributed by atoms with E-state index in [1.807, 2.05) is 53.4 Å². The van der Waals surface area contributed by atoms with Crippen LogP contribution in [0, 0.1) is 0 Å². The smallest absolute Gasteiger partial charge is 0.255 e. The third-order valence-corrected chi connectivity index (χ3v) is 6.63. The molecule has 0 spiro atoms. The van der Waals surface area contributed by atoms with Crippen LogP contribution in [-0.2, 0) is 12.2 Å². The number of nitrogens with one attached hydrogen (secondary N) is 2. The number of carbonyl (C=O) groups is 2. The largest absolute Gasteiger partial charge is 0.352 e. The summed E-state index contributed by atoms with van der Waals surface area (Å²) in [4.78, 5) is 30.9. The third-order valence-electron chi connectivity index (χ3n) is 4.95. The summed E-state index contributed by atoms with van der Waals surface area (Å²) >= 11 is 3.26. The van der Waals surface area contributed by atoms with Crippen LogP contribution in [0.2, 0.25) is 0 Å². The average molecular weight is 474 g/mol. The molecule has 1 aromatic heterocycles. The van der Waals surface area contributed by atoms with Gasteiger partial charge in [0, 0.05) is 28.1 Å². The molecule has 0 aliphatic rings. The molecule has 2 amide bonds. The van der Waals surface area contributed by atoms with Crippen molar-refractivity contribution in [3.8, 4) is 0 Å². The summed E-state index contributed by atoms with van der Waals surface area (Å²) in [5, 5.41) is 7.84. The van der Waals surface area contributed by atoms with Gasteiger partial charge in [-0.15, -0.1) is 23.1 Å². The Morgan fingerprint density at radius 1 is 0.879 bits per heavy atom. The molecule has 3 aromatic carbocycles. The second-order valence-electron chi connectivity index (χ2n) is 7.28. The highest BCUT2D eigenvalue weighted by Gasteiger charge is 2.14. The Hall–Kier alpha value is -3.42. The lowest BCUT2D eigenvalue weighted by molar-refractivity contribution is 0.0955. The predicted molar refractivity (Wildman–Crippen MR) is 135 cm³/mol. The summed E-state index contributed by atoms with van der Waals surface area (Å²) < 4.78 is 0. The van der Waals surface area contributed by atoms with E-state index in [2.05, 4.69) is 15.6 Å². The number of thiazole rings is 1. The van der Waals surface area contributed by atoms with Crippen molar-refractivity contribution in [2.24, 2.45) is 0 Å². The summed E-state index contributed by atoms with van der Waals surface area (Å²) in [5.41, 5.74) is 5.49. The minimum absolute atomic E-state index is 0.212. The fraction of sp³-hybridized carbons (Fsp3) is 0.115. The van der Waals surface area contributed by atoms with Crippen LogP contribution >= 0.6 is 23.1 Å². The summed E-state index contributed by atoms with van der Waals surface area (Å²) in [5.74, 6) is 0.327. The van der Waals surface area contributed by atoms with Gasteiger partial charge in [-0.3, -0.25) is 9.59 Å². The van der Waals surface area contributed by atoms with E-state index in [0.717, 1.165) is 28.3 Å². The summed E-state index contributed by atoms with van der Waals surface area (Å²) in [6.07, 6.45) is 0.744. The molecule has 0 aliphatic carbocycles. The van der Waals surface area contributed by atoms with Crippen LogP contribution < -0.4 is 10.6 Å². The lowest BCUT2D eigenvalue weighted by Crippen LogP contribution is -2.27. The highest BCUT2D eigenvalue weighted by atomic mass is 32.2. The molecular weight excluding hydrogens is 450 g/mol. The highest BCUT2D eigenvalue weighted by molar-refractivity contribution is 7.98. The molecule has 7 heteroatoms. The first-order chi connectivity index (χ1) is 16.2. The Kier molecular flexibility index (Phi) is 7.90. The number of para-hydroxylation sites is 1. The number of hydrogen-bond donors (Lipinski definition) is 2. The quantitative estimate of drug-likeness (QED) is 0.308. The van der Waals surface area contributed by atoms with Crippen molar-refractivity contribution < 1.29 is 9.59 Å². The topological polar surface area (TPSA) is 71.1 Å². The molecule has 0 unspecified atom stereocenters. The fourth-order valence-electron chi connectivity index (χ4n) is 3.21. The van der Waals surface area contributed by atoms with Crippen molar-refractivity contribution in [3.63, 3.8) is 0 Å². The van der Waals surface area contributed by atoms with Gasteiger partial charge >= 0.3 is 0 Å². The van der Waals surface area contributed by atoms with E-state index in [1.165, 1.54) is 0 Å². The van der Waals surface area contributed by atoms with E-state index < -0.39 is 0 Å². The molecule has 5 nitrogen and oxygen atoms in total. The maximum Gasteiger partial charge on any atom is 0.255 e. The molecule has 2 N–H and O–H groups in total. The fourth-order valence-corrected chi connectivity index (χ4v) is 4.68. The molecule has 0 saturated carbocycles. The van der Waals surface area contributed by atoms with Gasteiger partial charge in [0.25, 0.3) is 11.8 Å². The molecule has 1 heterocycles. The van der Waals surface area contributed by atoms with E-state index in [0.29, 0.717) is 23.4 Å². The van der Waals surface area contributed by atoms with Gasteiger partial charge in [0.2, 0.25) is 0 Å². The molecule has 0 saturated heterocycles. The van der Waals surface area contributed by atoms with Crippen molar-refractivity contribution in [2.75, 3.05) is 11.9 Å². The van der Waals surface area contributed by atoms with Crippen molar-refractivity contribution in [3.05, 3.63) is 112 Å². The van der Waals surface area contributed by atoms with Gasteiger partial charge in [-0.05, 0) is 48.4 Å². The second-order valence-corrected chi connectivity index (χ2v) is 9.05. The van der Waals surface area contributed by atoms with Crippen LogP contribution in [0.25, 0.3) is 0 Å². The van der Waals surface area contributed by atoms with E-state index in [9.17, 15) is 9.59 Å². The summed E-state index contributed by atoms with van der Waals surface area (Å²) in [6.45, 7) is 0.519. The number of rotatable bonds is 9. The number of aromatic nitrogens is 1. The Morgan fingerprint density at radius 2 is 1.64 bits per heavy atom.